The van der Waals surface area contributed by atoms with Crippen LogP contribution in [0.3, 0.4) is 0 Å². The normalized spacial score (nSPS) is 11.0. The van der Waals surface area contributed by atoms with Crippen LogP contribution in [0, 0.1) is 18.3 Å². The third kappa shape index (κ3) is 1.45. The van der Waals surface area contributed by atoms with Crippen molar-refractivity contribution >= 4 is 11.0 Å². The van der Waals surface area contributed by atoms with E-state index in [0.717, 1.165) is 22.3 Å². The first kappa shape index (κ1) is 10.6. The predicted octanol–water partition coefficient (Wildman–Crippen LogP) is 2.27. The molecule has 0 aromatic carbocycles. The number of hydrogen-bond acceptors (Lipinski definition) is 3. The predicted molar refractivity (Wildman–Crippen MR) is 62.1 cm³/mol. The Morgan fingerprint density at radius 3 is 2.69 bits per heavy atom. The van der Waals surface area contributed by atoms with Gasteiger partial charge in [-0.05, 0) is 24.5 Å². The summed E-state index contributed by atoms with van der Waals surface area (Å²) in [4.78, 5) is 4.31. The molecule has 2 heterocycles. The van der Waals surface area contributed by atoms with E-state index in [1.54, 1.807) is 0 Å². The highest BCUT2D eigenvalue weighted by Gasteiger charge is 2.15. The third-order valence-corrected chi connectivity index (χ3v) is 2.73. The number of hydrogen-bond donors (Lipinski definition) is 0. The first-order valence-electron chi connectivity index (χ1n) is 5.29. The molecule has 0 saturated heterocycles. The third-order valence-electron chi connectivity index (χ3n) is 2.73. The Morgan fingerprint density at radius 2 is 2.12 bits per heavy atom. The molecule has 0 aliphatic heterocycles. The molecule has 82 valence electrons. The minimum atomic E-state index is 0.354. The minimum absolute atomic E-state index is 0.354. The highest BCUT2D eigenvalue weighted by molar-refractivity contribution is 5.82. The van der Waals surface area contributed by atoms with E-state index in [0.29, 0.717) is 11.6 Å². The van der Waals surface area contributed by atoms with Gasteiger partial charge >= 0.3 is 0 Å². The van der Waals surface area contributed by atoms with E-state index in [9.17, 15) is 0 Å². The van der Waals surface area contributed by atoms with Gasteiger partial charge in [0.25, 0.3) is 0 Å². The lowest BCUT2D eigenvalue weighted by Crippen LogP contribution is -1.98. The average Bonchev–Trinajstić information content (AvgIpc) is 2.53. The number of rotatable bonds is 1. The largest absolute Gasteiger partial charge is 0.266 e. The van der Waals surface area contributed by atoms with Crippen LogP contribution >= 0.6 is 0 Å². The molecule has 0 bridgehead atoms. The van der Waals surface area contributed by atoms with Gasteiger partial charge < -0.3 is 0 Å². The van der Waals surface area contributed by atoms with Crippen LogP contribution in [0.4, 0.5) is 0 Å². The summed E-state index contributed by atoms with van der Waals surface area (Å²) >= 11 is 0. The molecule has 0 N–H and O–H groups in total. The molecule has 4 nitrogen and oxygen atoms in total. The van der Waals surface area contributed by atoms with Crippen LogP contribution in [0.25, 0.3) is 11.0 Å². The monoisotopic (exact) mass is 214 g/mol. The fourth-order valence-corrected chi connectivity index (χ4v) is 1.97. The lowest BCUT2D eigenvalue weighted by molar-refractivity contribution is 0.769. The molecule has 0 saturated carbocycles. The summed E-state index contributed by atoms with van der Waals surface area (Å²) in [7, 11) is 1.91. The number of pyridine rings is 1. The van der Waals surface area contributed by atoms with Crippen LogP contribution in [0.5, 0.6) is 0 Å². The second-order valence-electron chi connectivity index (χ2n) is 4.27. The van der Waals surface area contributed by atoms with Gasteiger partial charge in [-0.2, -0.15) is 10.4 Å². The van der Waals surface area contributed by atoms with Crippen LogP contribution < -0.4 is 0 Å². The fourth-order valence-electron chi connectivity index (χ4n) is 1.97. The Bertz CT molecular complexity index is 587. The van der Waals surface area contributed by atoms with Gasteiger partial charge in [0.1, 0.15) is 17.3 Å². The van der Waals surface area contributed by atoms with Crippen molar-refractivity contribution in [2.75, 3.05) is 0 Å². The SMILES string of the molecule is Cc1nn(C)c2c(C(C)C)cc(C#N)nc12. The molecular weight excluding hydrogens is 200 g/mol. The molecule has 0 amide bonds. The molecule has 0 aliphatic rings. The van der Waals surface area contributed by atoms with E-state index in [1.165, 1.54) is 0 Å². The summed E-state index contributed by atoms with van der Waals surface area (Å²) in [5, 5.41) is 13.3. The zero-order chi connectivity index (χ0) is 11.9. The number of aromatic nitrogens is 3. The van der Waals surface area contributed by atoms with Crippen molar-refractivity contribution in [1.82, 2.24) is 14.8 Å². The van der Waals surface area contributed by atoms with Gasteiger partial charge in [-0.15, -0.1) is 0 Å². The van der Waals surface area contributed by atoms with E-state index in [1.807, 2.05) is 24.7 Å². The summed E-state index contributed by atoms with van der Waals surface area (Å²) in [6, 6.07) is 3.96. The second kappa shape index (κ2) is 3.60. The number of nitriles is 1. The zero-order valence-corrected chi connectivity index (χ0v) is 9.94. The van der Waals surface area contributed by atoms with Crippen LogP contribution in [-0.4, -0.2) is 14.8 Å². The molecule has 16 heavy (non-hydrogen) atoms. The van der Waals surface area contributed by atoms with Crippen molar-refractivity contribution in [3.05, 3.63) is 23.0 Å². The maximum absolute atomic E-state index is 8.96. The summed E-state index contributed by atoms with van der Waals surface area (Å²) < 4.78 is 1.84. The molecule has 4 heteroatoms. The minimum Gasteiger partial charge on any atom is -0.266 e. The second-order valence-corrected chi connectivity index (χ2v) is 4.27. The van der Waals surface area contributed by atoms with Crippen molar-refractivity contribution in [3.8, 4) is 6.07 Å². The van der Waals surface area contributed by atoms with Gasteiger partial charge in [-0.25, -0.2) is 4.98 Å². The lowest BCUT2D eigenvalue weighted by Gasteiger charge is -2.08. The lowest BCUT2D eigenvalue weighted by atomic mass is 10.0. The standard InChI is InChI=1S/C12H14N4/c1-7(2)10-5-9(6-13)14-11-8(3)15-16(4)12(10)11/h5,7H,1-4H3. The molecular formula is C12H14N4. The fraction of sp³-hybridized carbons (Fsp3) is 0.417. The Balaban J connectivity index is 2.91. The topological polar surface area (TPSA) is 54.5 Å². The van der Waals surface area contributed by atoms with E-state index < -0.39 is 0 Å². The maximum atomic E-state index is 8.96. The summed E-state index contributed by atoms with van der Waals surface area (Å²) in [5.74, 6) is 0.354. The van der Waals surface area contributed by atoms with Crippen LogP contribution in [0.1, 0.15) is 36.7 Å². The zero-order valence-electron chi connectivity index (χ0n) is 9.94. The van der Waals surface area contributed by atoms with E-state index >= 15 is 0 Å². The molecule has 0 atom stereocenters. The first-order valence-corrected chi connectivity index (χ1v) is 5.29. The maximum Gasteiger partial charge on any atom is 0.141 e. The highest BCUT2D eigenvalue weighted by atomic mass is 15.3. The average molecular weight is 214 g/mol. The Hall–Kier alpha value is -1.89. The molecule has 0 spiro atoms. The smallest absolute Gasteiger partial charge is 0.141 e. The molecule has 0 unspecified atom stereocenters. The van der Waals surface area contributed by atoms with Gasteiger partial charge in [-0.1, -0.05) is 13.8 Å². The molecule has 2 aromatic heterocycles. The van der Waals surface area contributed by atoms with Crippen molar-refractivity contribution in [1.29, 1.82) is 5.26 Å². The molecule has 2 rings (SSSR count). The molecule has 2 aromatic rings. The molecule has 0 radical (unpaired) electrons. The van der Waals surface area contributed by atoms with Crippen molar-refractivity contribution in [2.24, 2.45) is 7.05 Å². The molecule has 0 aliphatic carbocycles. The van der Waals surface area contributed by atoms with Crippen molar-refractivity contribution in [2.45, 2.75) is 26.7 Å². The highest BCUT2D eigenvalue weighted by Crippen LogP contribution is 2.26. The number of aryl methyl sites for hydroxylation is 2. The number of fused-ring (bicyclic) bond motifs is 1. The van der Waals surface area contributed by atoms with E-state index in [4.69, 9.17) is 5.26 Å². The summed E-state index contributed by atoms with van der Waals surface area (Å²) in [5.41, 5.74) is 4.34. The first-order chi connectivity index (χ1) is 7.54. The molecule has 0 fully saturated rings. The Morgan fingerprint density at radius 1 is 1.44 bits per heavy atom. The van der Waals surface area contributed by atoms with Gasteiger partial charge in [0, 0.05) is 7.05 Å². The van der Waals surface area contributed by atoms with E-state index in [-0.39, 0.29) is 0 Å². The van der Waals surface area contributed by atoms with Gasteiger partial charge in [0.15, 0.2) is 0 Å². The van der Waals surface area contributed by atoms with Gasteiger partial charge in [0.05, 0.1) is 11.2 Å². The van der Waals surface area contributed by atoms with Crippen LogP contribution in [0.2, 0.25) is 0 Å². The van der Waals surface area contributed by atoms with Crippen LogP contribution in [0.15, 0.2) is 6.07 Å². The summed E-state index contributed by atoms with van der Waals surface area (Å²) in [6.45, 7) is 6.14. The Kier molecular flexibility index (Phi) is 2.39. The quantitative estimate of drug-likeness (QED) is 0.731. The number of nitrogens with zero attached hydrogens (tertiary/aromatic N) is 4. The van der Waals surface area contributed by atoms with Gasteiger partial charge in [0.2, 0.25) is 0 Å². The summed E-state index contributed by atoms with van der Waals surface area (Å²) in [6.07, 6.45) is 0. The van der Waals surface area contributed by atoms with Crippen molar-refractivity contribution < 1.29 is 0 Å². The van der Waals surface area contributed by atoms with Crippen molar-refractivity contribution in [3.63, 3.8) is 0 Å². The van der Waals surface area contributed by atoms with E-state index in [2.05, 4.69) is 30.0 Å². The van der Waals surface area contributed by atoms with Crippen LogP contribution in [-0.2, 0) is 7.05 Å². The van der Waals surface area contributed by atoms with Gasteiger partial charge in [-0.3, -0.25) is 4.68 Å². The Labute approximate surface area is 94.5 Å².